The van der Waals surface area contributed by atoms with E-state index in [0.29, 0.717) is 29.0 Å². The molecule has 1 heterocycles. The maximum Gasteiger partial charge on any atom is 0.308 e. The van der Waals surface area contributed by atoms with Crippen molar-refractivity contribution in [2.24, 2.45) is 0 Å². The van der Waals surface area contributed by atoms with Crippen molar-refractivity contribution >= 4 is 23.6 Å². The summed E-state index contributed by atoms with van der Waals surface area (Å²) in [6.07, 6.45) is -1.17. The smallest absolute Gasteiger partial charge is 0.308 e. The molecule has 1 unspecified atom stereocenters. The molecule has 0 saturated heterocycles. The predicted octanol–water partition coefficient (Wildman–Crippen LogP) is 2.89. The number of amides is 2. The van der Waals surface area contributed by atoms with Gasteiger partial charge in [-0.2, -0.15) is 0 Å². The van der Waals surface area contributed by atoms with Crippen molar-refractivity contribution in [3.8, 4) is 5.75 Å². The number of esters is 1. The normalized spacial score (nSPS) is 13.8. The first kappa shape index (κ1) is 20.3. The highest BCUT2D eigenvalue weighted by atomic mass is 16.5. The maximum atomic E-state index is 12.4. The predicted molar refractivity (Wildman–Crippen MR) is 104 cm³/mol. The van der Waals surface area contributed by atoms with Crippen molar-refractivity contribution in [1.82, 2.24) is 4.90 Å². The van der Waals surface area contributed by atoms with Crippen LogP contribution >= 0.6 is 0 Å². The van der Waals surface area contributed by atoms with Gasteiger partial charge in [0.2, 0.25) is 5.78 Å². The maximum absolute atomic E-state index is 12.4. The summed E-state index contributed by atoms with van der Waals surface area (Å²) < 4.78 is 10.5. The van der Waals surface area contributed by atoms with Gasteiger partial charge in [0.05, 0.1) is 24.2 Å². The summed E-state index contributed by atoms with van der Waals surface area (Å²) in [6.45, 7) is 3.77. The molecule has 1 aliphatic heterocycles. The molecule has 29 heavy (non-hydrogen) atoms. The third-order valence-corrected chi connectivity index (χ3v) is 4.55. The van der Waals surface area contributed by atoms with E-state index in [2.05, 4.69) is 0 Å². The molecule has 0 aromatic heterocycles. The lowest BCUT2D eigenvalue weighted by Gasteiger charge is -2.15. The highest BCUT2D eigenvalue weighted by Crippen LogP contribution is 2.22. The van der Waals surface area contributed by atoms with Crippen molar-refractivity contribution < 1.29 is 28.7 Å². The molecular weight excluding hydrogens is 374 g/mol. The lowest BCUT2D eigenvalue weighted by Crippen LogP contribution is -2.33. The van der Waals surface area contributed by atoms with Crippen LogP contribution in [0, 0.1) is 0 Å². The van der Waals surface area contributed by atoms with Gasteiger partial charge in [-0.15, -0.1) is 0 Å². The first-order chi connectivity index (χ1) is 13.9. The second-order valence-electron chi connectivity index (χ2n) is 6.51. The molecule has 0 fully saturated rings. The molecule has 2 aromatic rings. The van der Waals surface area contributed by atoms with E-state index in [1.165, 1.54) is 6.92 Å². The van der Waals surface area contributed by atoms with Crippen LogP contribution in [0.25, 0.3) is 0 Å². The zero-order chi connectivity index (χ0) is 21.0. The van der Waals surface area contributed by atoms with Crippen molar-refractivity contribution in [3.05, 3.63) is 65.2 Å². The first-order valence-corrected chi connectivity index (χ1v) is 9.34. The van der Waals surface area contributed by atoms with Gasteiger partial charge in [-0.05, 0) is 50.2 Å². The summed E-state index contributed by atoms with van der Waals surface area (Å²) in [5.41, 5.74) is 1.05. The van der Waals surface area contributed by atoms with E-state index in [9.17, 15) is 19.2 Å². The Kier molecular flexibility index (Phi) is 6.07. The van der Waals surface area contributed by atoms with E-state index in [4.69, 9.17) is 9.47 Å². The average molecular weight is 395 g/mol. The van der Waals surface area contributed by atoms with Crippen LogP contribution in [0.4, 0.5) is 0 Å². The van der Waals surface area contributed by atoms with Crippen LogP contribution in [0.5, 0.6) is 5.75 Å². The summed E-state index contributed by atoms with van der Waals surface area (Å²) >= 11 is 0. The molecule has 7 heteroatoms. The number of rotatable bonds is 8. The van der Waals surface area contributed by atoms with E-state index in [-0.39, 0.29) is 18.7 Å². The van der Waals surface area contributed by atoms with Crippen LogP contribution in [0.2, 0.25) is 0 Å². The van der Waals surface area contributed by atoms with Crippen LogP contribution in [-0.4, -0.2) is 47.7 Å². The Labute approximate surface area is 168 Å². The zero-order valence-electron chi connectivity index (χ0n) is 16.2. The third-order valence-electron chi connectivity index (χ3n) is 4.55. The summed E-state index contributed by atoms with van der Waals surface area (Å²) in [4.78, 5) is 50.2. The number of carbonyl (C=O) groups excluding carboxylic acids is 4. The second kappa shape index (κ2) is 8.68. The molecule has 0 saturated carbocycles. The van der Waals surface area contributed by atoms with Crippen molar-refractivity contribution in [1.29, 1.82) is 0 Å². The topological polar surface area (TPSA) is 90.0 Å². The summed E-state index contributed by atoms with van der Waals surface area (Å²) in [6, 6.07) is 13.1. The molecule has 1 aliphatic rings. The lowest BCUT2D eigenvalue weighted by molar-refractivity contribution is -0.146. The van der Waals surface area contributed by atoms with Crippen LogP contribution < -0.4 is 4.74 Å². The number of hydrogen-bond acceptors (Lipinski definition) is 6. The van der Waals surface area contributed by atoms with Crippen molar-refractivity contribution in [3.63, 3.8) is 0 Å². The van der Waals surface area contributed by atoms with E-state index >= 15 is 0 Å². The van der Waals surface area contributed by atoms with Gasteiger partial charge in [0.25, 0.3) is 11.8 Å². The monoisotopic (exact) mass is 395 g/mol. The lowest BCUT2D eigenvalue weighted by atomic mass is 10.1. The molecule has 7 nitrogen and oxygen atoms in total. The van der Waals surface area contributed by atoms with Gasteiger partial charge in [-0.25, -0.2) is 0 Å². The van der Waals surface area contributed by atoms with Gasteiger partial charge >= 0.3 is 5.97 Å². The number of Topliss-reactive ketones (excluding diaryl/α,β-unsaturated/α-hetero) is 1. The van der Waals surface area contributed by atoms with Crippen LogP contribution in [0.3, 0.4) is 0 Å². The van der Waals surface area contributed by atoms with Gasteiger partial charge in [-0.1, -0.05) is 12.1 Å². The molecule has 2 amide bonds. The molecule has 2 aromatic carbocycles. The Hall–Kier alpha value is -3.48. The number of benzene rings is 2. The highest BCUT2D eigenvalue weighted by Gasteiger charge is 2.35. The van der Waals surface area contributed by atoms with E-state index in [0.717, 1.165) is 4.90 Å². The Balaban J connectivity index is 1.53. The highest BCUT2D eigenvalue weighted by molar-refractivity contribution is 6.21. The minimum absolute atomic E-state index is 0.102. The number of imide groups is 1. The van der Waals surface area contributed by atoms with Gasteiger partial charge < -0.3 is 9.47 Å². The van der Waals surface area contributed by atoms with E-state index in [1.807, 2.05) is 6.92 Å². The van der Waals surface area contributed by atoms with E-state index in [1.54, 1.807) is 48.5 Å². The zero-order valence-corrected chi connectivity index (χ0v) is 16.2. The Morgan fingerprint density at radius 2 is 1.55 bits per heavy atom. The van der Waals surface area contributed by atoms with Gasteiger partial charge in [-0.3, -0.25) is 24.1 Å². The van der Waals surface area contributed by atoms with Gasteiger partial charge in [0.15, 0.2) is 6.10 Å². The Morgan fingerprint density at radius 3 is 2.10 bits per heavy atom. The summed E-state index contributed by atoms with van der Waals surface area (Å²) in [7, 11) is 0. The molecule has 3 rings (SSSR count). The molecule has 1 atom stereocenters. The number of ether oxygens (including phenoxy) is 2. The molecule has 0 radical (unpaired) electrons. The number of ketones is 1. The number of fused-ring (bicyclic) bond motifs is 1. The van der Waals surface area contributed by atoms with Gasteiger partial charge in [0.1, 0.15) is 5.75 Å². The fourth-order valence-corrected chi connectivity index (χ4v) is 3.07. The summed E-state index contributed by atoms with van der Waals surface area (Å²) in [5.74, 6) is -1.22. The molecule has 0 aliphatic carbocycles. The fraction of sp³-hybridized carbons (Fsp3) is 0.273. The average Bonchev–Trinajstić information content (AvgIpc) is 2.97. The fourth-order valence-electron chi connectivity index (χ4n) is 3.07. The van der Waals surface area contributed by atoms with Crippen LogP contribution in [-0.2, 0) is 9.53 Å². The minimum Gasteiger partial charge on any atom is -0.494 e. The molecule has 0 N–H and O–H groups in total. The molecule has 0 bridgehead atoms. The minimum atomic E-state index is -0.984. The van der Waals surface area contributed by atoms with Gasteiger partial charge in [0, 0.05) is 12.1 Å². The number of hydrogen-bond donors (Lipinski definition) is 0. The molecule has 0 spiro atoms. The standard InChI is InChI=1S/C22H21NO6/c1-3-28-16-10-8-15(9-11-16)20(25)14(2)29-19(24)12-13-23-21(26)17-6-4-5-7-18(17)22(23)27/h4-11,14H,3,12-13H2,1-2H3. The second-order valence-corrected chi connectivity index (χ2v) is 6.51. The largest absolute Gasteiger partial charge is 0.494 e. The Bertz CT molecular complexity index is 915. The quantitative estimate of drug-likeness (QED) is 0.388. The van der Waals surface area contributed by atoms with E-state index < -0.39 is 23.9 Å². The van der Waals surface area contributed by atoms with Crippen molar-refractivity contribution in [2.45, 2.75) is 26.4 Å². The first-order valence-electron chi connectivity index (χ1n) is 9.34. The van der Waals surface area contributed by atoms with Crippen molar-refractivity contribution in [2.75, 3.05) is 13.2 Å². The van der Waals surface area contributed by atoms with Crippen LogP contribution in [0.1, 0.15) is 51.3 Å². The molecular formula is C22H21NO6. The molecule has 150 valence electrons. The Morgan fingerprint density at radius 1 is 0.966 bits per heavy atom. The SMILES string of the molecule is CCOc1ccc(C(=O)C(C)OC(=O)CCN2C(=O)c3ccccc3C2=O)cc1. The third kappa shape index (κ3) is 4.34. The number of carbonyl (C=O) groups is 4. The summed E-state index contributed by atoms with van der Waals surface area (Å²) in [5, 5.41) is 0. The number of nitrogens with zero attached hydrogens (tertiary/aromatic N) is 1. The van der Waals surface area contributed by atoms with Crippen LogP contribution in [0.15, 0.2) is 48.5 Å².